The molecule has 1 fully saturated rings. The molecular weight excluding hydrogens is 457 g/mol. The van der Waals surface area contributed by atoms with Gasteiger partial charge in [0.15, 0.2) is 0 Å². The number of rotatable bonds is 3. The summed E-state index contributed by atoms with van der Waals surface area (Å²) in [7, 11) is 3.45. The maximum absolute atomic E-state index is 14.2. The number of carbonyl (C=O) groups is 1. The zero-order valence-electron chi connectivity index (χ0n) is 19.9. The van der Waals surface area contributed by atoms with Crippen LogP contribution in [0, 0.1) is 0 Å². The number of amides is 1. The van der Waals surface area contributed by atoms with Gasteiger partial charge in [0.25, 0.3) is 0 Å². The molecule has 3 aromatic rings. The van der Waals surface area contributed by atoms with Gasteiger partial charge in [-0.05, 0) is 50.7 Å². The molecule has 1 aliphatic heterocycles. The molecule has 2 unspecified atom stereocenters. The molecule has 35 heavy (non-hydrogen) atoms. The summed E-state index contributed by atoms with van der Waals surface area (Å²) >= 11 is 0. The topological polar surface area (TPSA) is 68.8 Å². The van der Waals surface area contributed by atoms with Gasteiger partial charge in [-0.3, -0.25) is 14.5 Å². The molecule has 1 amide bonds. The van der Waals surface area contributed by atoms with Gasteiger partial charge in [0.2, 0.25) is 5.91 Å². The summed E-state index contributed by atoms with van der Waals surface area (Å²) in [5, 5.41) is 4.05. The van der Waals surface area contributed by atoms with Gasteiger partial charge < -0.3 is 9.47 Å². The lowest BCUT2D eigenvalue weighted by molar-refractivity contribution is -0.137. The molecule has 10 heteroatoms. The first kappa shape index (κ1) is 22.3. The smallest absolute Gasteiger partial charge is 0.338 e. The van der Waals surface area contributed by atoms with Crippen molar-refractivity contribution in [3.05, 3.63) is 52.5 Å². The largest absolute Gasteiger partial charge is 0.418 e. The van der Waals surface area contributed by atoms with Gasteiger partial charge in [-0.15, -0.1) is 0 Å². The first-order chi connectivity index (χ1) is 16.6. The normalized spacial score (nSPS) is 22.3. The number of alkyl halides is 3. The minimum Gasteiger partial charge on any atom is -0.338 e. The predicted octanol–water partition coefficient (Wildman–Crippen LogP) is 4.58. The molecule has 1 saturated carbocycles. The van der Waals surface area contributed by atoms with Crippen LogP contribution in [0.2, 0.25) is 0 Å². The van der Waals surface area contributed by atoms with Crippen LogP contribution in [-0.2, 0) is 31.0 Å². The number of aryl methyl sites for hydroxylation is 2. The summed E-state index contributed by atoms with van der Waals surface area (Å²) in [5.41, 5.74) is 2.59. The van der Waals surface area contributed by atoms with Gasteiger partial charge in [0.1, 0.15) is 11.9 Å². The number of pyridine rings is 1. The van der Waals surface area contributed by atoms with Crippen molar-refractivity contribution in [2.75, 3.05) is 7.05 Å². The minimum atomic E-state index is -4.55. The highest BCUT2D eigenvalue weighted by atomic mass is 19.4. The Morgan fingerprint density at radius 2 is 1.89 bits per heavy atom. The summed E-state index contributed by atoms with van der Waals surface area (Å²) in [5.74, 6) is 0.987. The highest BCUT2D eigenvalue weighted by Crippen LogP contribution is 2.47. The lowest BCUT2D eigenvalue weighted by Crippen LogP contribution is -2.39. The number of hydrogen-bond donors (Lipinski definition) is 0. The van der Waals surface area contributed by atoms with Crippen molar-refractivity contribution in [1.82, 2.24) is 29.2 Å². The number of halogens is 3. The Hall–Kier alpha value is -3.17. The Morgan fingerprint density at radius 3 is 2.54 bits per heavy atom. The molecule has 0 saturated heterocycles. The first-order valence-electron chi connectivity index (χ1n) is 12.1. The molecular formula is C25H27F3N6O. The number of fused-ring (bicyclic) bond motifs is 2. The van der Waals surface area contributed by atoms with Crippen molar-refractivity contribution in [1.29, 1.82) is 0 Å². The van der Waals surface area contributed by atoms with Crippen LogP contribution in [0.25, 0.3) is 11.3 Å². The fourth-order valence-corrected chi connectivity index (χ4v) is 5.69. The summed E-state index contributed by atoms with van der Waals surface area (Å²) < 4.78 is 46.3. The zero-order valence-corrected chi connectivity index (χ0v) is 19.9. The molecule has 0 radical (unpaired) electrons. The quantitative estimate of drug-likeness (QED) is 0.546. The molecule has 0 aromatic carbocycles. The summed E-state index contributed by atoms with van der Waals surface area (Å²) in [4.78, 5) is 24.0. The summed E-state index contributed by atoms with van der Waals surface area (Å²) in [6, 6.07) is 0.929. The summed E-state index contributed by atoms with van der Waals surface area (Å²) in [6.45, 7) is 2.30. The van der Waals surface area contributed by atoms with Crippen LogP contribution >= 0.6 is 0 Å². The molecule has 4 heterocycles. The van der Waals surface area contributed by atoms with E-state index in [-0.39, 0.29) is 23.6 Å². The van der Waals surface area contributed by atoms with Gasteiger partial charge in [0.05, 0.1) is 35.4 Å². The van der Waals surface area contributed by atoms with Gasteiger partial charge in [-0.2, -0.15) is 18.3 Å². The number of imidazole rings is 1. The van der Waals surface area contributed by atoms with Crippen molar-refractivity contribution in [3.63, 3.8) is 0 Å². The van der Waals surface area contributed by atoms with E-state index >= 15 is 0 Å². The molecule has 0 N–H and O–H groups in total. The van der Waals surface area contributed by atoms with E-state index in [0.717, 1.165) is 36.5 Å². The van der Waals surface area contributed by atoms with E-state index in [1.807, 2.05) is 6.92 Å². The van der Waals surface area contributed by atoms with E-state index in [1.54, 1.807) is 25.2 Å². The van der Waals surface area contributed by atoms with Crippen LogP contribution in [0.3, 0.4) is 0 Å². The summed E-state index contributed by atoms with van der Waals surface area (Å²) in [6.07, 6.45) is 2.64. The lowest BCUT2D eigenvalue weighted by atomic mass is 9.81. The second kappa shape index (κ2) is 7.66. The van der Waals surface area contributed by atoms with Gasteiger partial charge in [-0.25, -0.2) is 4.98 Å². The van der Waals surface area contributed by atoms with Crippen molar-refractivity contribution in [3.8, 4) is 11.3 Å². The third-order valence-corrected chi connectivity index (χ3v) is 7.55. The average Bonchev–Trinajstić information content (AvgIpc) is 3.46. The Kier molecular flexibility index (Phi) is 4.88. The Labute approximate surface area is 201 Å². The maximum Gasteiger partial charge on any atom is 0.418 e. The SMILES string of the molecule is CC1C(=O)N(C)Cc2c(C3CCCc4nc(-c5cnn(C)c5)c(C(F)(F)F)cc43)nc(C3CC3)n21. The standard InChI is InChI=1S/C25H27F3N6O/c1-13-24(35)32(2)12-20-22(31-23(34(13)20)14-7-8-14)16-5-4-6-19-17(16)9-18(25(26,27)28)21(30-19)15-10-29-33(3)11-15/h9-11,13-14,16H,4-8,12H2,1-3H3. The highest BCUT2D eigenvalue weighted by molar-refractivity contribution is 5.81. The first-order valence-corrected chi connectivity index (χ1v) is 12.1. The average molecular weight is 485 g/mol. The Bertz CT molecular complexity index is 1340. The minimum absolute atomic E-state index is 0.0366. The fourth-order valence-electron chi connectivity index (χ4n) is 5.69. The number of likely N-dealkylation sites (N-methyl/N-ethyl adjacent to an activating group) is 1. The van der Waals surface area contributed by atoms with Gasteiger partial charge in [0, 0.05) is 43.4 Å². The monoisotopic (exact) mass is 484 g/mol. The Balaban J connectivity index is 1.52. The number of carbonyl (C=O) groups excluding carboxylic acids is 1. The lowest BCUT2D eigenvalue weighted by Gasteiger charge is -2.32. The molecule has 0 bridgehead atoms. The van der Waals surface area contributed by atoms with Crippen molar-refractivity contribution < 1.29 is 18.0 Å². The molecule has 3 aliphatic rings. The van der Waals surface area contributed by atoms with Crippen molar-refractivity contribution in [2.24, 2.45) is 7.05 Å². The van der Waals surface area contributed by atoms with Crippen LogP contribution < -0.4 is 0 Å². The second-order valence-electron chi connectivity index (χ2n) is 10.1. The molecule has 7 nitrogen and oxygen atoms in total. The second-order valence-corrected chi connectivity index (χ2v) is 10.1. The Morgan fingerprint density at radius 1 is 1.11 bits per heavy atom. The van der Waals surface area contributed by atoms with Crippen molar-refractivity contribution >= 4 is 5.91 Å². The van der Waals surface area contributed by atoms with Gasteiger partial charge in [-0.1, -0.05) is 0 Å². The number of aromatic nitrogens is 5. The van der Waals surface area contributed by atoms with E-state index in [1.165, 1.54) is 16.9 Å². The predicted molar refractivity (Wildman–Crippen MR) is 122 cm³/mol. The van der Waals surface area contributed by atoms with Crippen LogP contribution in [0.4, 0.5) is 13.2 Å². The molecule has 184 valence electrons. The number of hydrogen-bond acceptors (Lipinski definition) is 4. The van der Waals surface area contributed by atoms with Crippen molar-refractivity contribution in [2.45, 2.75) is 69.6 Å². The number of nitrogens with zero attached hydrogens (tertiary/aromatic N) is 6. The van der Waals surface area contributed by atoms with E-state index in [2.05, 4.69) is 14.6 Å². The van der Waals surface area contributed by atoms with Crippen LogP contribution in [0.15, 0.2) is 18.5 Å². The molecule has 3 aromatic heterocycles. The van der Waals surface area contributed by atoms with Crippen LogP contribution in [-0.4, -0.2) is 42.2 Å². The molecule has 6 rings (SSSR count). The highest BCUT2D eigenvalue weighted by Gasteiger charge is 2.42. The van der Waals surface area contributed by atoms with Gasteiger partial charge >= 0.3 is 6.18 Å². The molecule has 2 atom stereocenters. The third kappa shape index (κ3) is 3.56. The van der Waals surface area contributed by atoms with E-state index in [0.29, 0.717) is 42.1 Å². The maximum atomic E-state index is 14.2. The molecule has 0 spiro atoms. The van der Waals surface area contributed by atoms with E-state index < -0.39 is 11.7 Å². The van der Waals surface area contributed by atoms with E-state index in [9.17, 15) is 18.0 Å². The van der Waals surface area contributed by atoms with E-state index in [4.69, 9.17) is 4.98 Å². The third-order valence-electron chi connectivity index (χ3n) is 7.55. The fraction of sp³-hybridized carbons (Fsp3) is 0.520. The zero-order chi connectivity index (χ0) is 24.6. The van der Waals surface area contributed by atoms with Crippen LogP contribution in [0.5, 0.6) is 0 Å². The molecule has 2 aliphatic carbocycles. The van der Waals surface area contributed by atoms with Crippen LogP contribution in [0.1, 0.15) is 84.5 Å².